The summed E-state index contributed by atoms with van der Waals surface area (Å²) >= 11 is 0. The molecule has 4 aromatic rings. The van der Waals surface area contributed by atoms with E-state index in [9.17, 15) is 9.90 Å². The Balaban J connectivity index is 1.35. The van der Waals surface area contributed by atoms with Crippen molar-refractivity contribution in [3.63, 3.8) is 0 Å². The van der Waals surface area contributed by atoms with Gasteiger partial charge >= 0.3 is 0 Å². The summed E-state index contributed by atoms with van der Waals surface area (Å²) in [5.74, 6) is -0.0124. The van der Waals surface area contributed by atoms with Crippen LogP contribution in [0.5, 0.6) is 0 Å². The lowest BCUT2D eigenvalue weighted by Crippen LogP contribution is -2.36. The molecule has 0 spiro atoms. The van der Waals surface area contributed by atoms with Crippen molar-refractivity contribution in [1.29, 1.82) is 0 Å². The average Bonchev–Trinajstić information content (AvgIpc) is 3.48. The number of pyridine rings is 1. The number of benzene rings is 1. The van der Waals surface area contributed by atoms with Gasteiger partial charge in [0.15, 0.2) is 0 Å². The van der Waals surface area contributed by atoms with E-state index in [0.29, 0.717) is 24.2 Å². The maximum Gasteiger partial charge on any atom is 0.255 e. The monoisotopic (exact) mass is 429 g/mol. The van der Waals surface area contributed by atoms with E-state index in [-0.39, 0.29) is 17.9 Å². The van der Waals surface area contributed by atoms with Gasteiger partial charge in [-0.15, -0.1) is 0 Å². The Kier molecular flexibility index (Phi) is 5.73. The van der Waals surface area contributed by atoms with E-state index in [1.54, 1.807) is 12.4 Å². The van der Waals surface area contributed by atoms with E-state index in [0.717, 1.165) is 42.5 Å². The number of aliphatic hydroxyl groups excluding tert-OH is 1. The fourth-order valence-electron chi connectivity index (χ4n) is 4.54. The van der Waals surface area contributed by atoms with Crippen LogP contribution in [0.4, 0.5) is 0 Å². The Morgan fingerprint density at radius 2 is 1.94 bits per heavy atom. The summed E-state index contributed by atoms with van der Waals surface area (Å²) in [6.07, 6.45) is 10.9. The van der Waals surface area contributed by atoms with Crippen LogP contribution in [0.1, 0.15) is 41.6 Å². The molecule has 0 bridgehead atoms. The lowest BCUT2D eigenvalue weighted by molar-refractivity contribution is 0.0663. The van der Waals surface area contributed by atoms with Crippen LogP contribution < -0.4 is 5.32 Å². The molecule has 1 amide bonds. The zero-order valence-electron chi connectivity index (χ0n) is 17.9. The lowest BCUT2D eigenvalue weighted by atomic mass is 9.86. The number of hydrogen-bond donors (Lipinski definition) is 2. The second-order valence-electron chi connectivity index (χ2n) is 8.48. The molecule has 32 heavy (non-hydrogen) atoms. The molecule has 1 saturated carbocycles. The number of fused-ring (bicyclic) bond motifs is 1. The zero-order valence-corrected chi connectivity index (χ0v) is 17.9. The van der Waals surface area contributed by atoms with Gasteiger partial charge in [-0.2, -0.15) is 5.10 Å². The molecule has 0 saturated heterocycles. The van der Waals surface area contributed by atoms with Crippen molar-refractivity contribution in [2.24, 2.45) is 5.92 Å². The van der Waals surface area contributed by atoms with Gasteiger partial charge in [0, 0.05) is 43.8 Å². The van der Waals surface area contributed by atoms with Gasteiger partial charge in [-0.3, -0.25) is 9.78 Å². The first-order valence-electron chi connectivity index (χ1n) is 11.2. The number of nitrogens with zero attached hydrogens (tertiary/aromatic N) is 4. The van der Waals surface area contributed by atoms with E-state index in [1.165, 1.54) is 0 Å². The van der Waals surface area contributed by atoms with E-state index in [1.807, 2.05) is 47.4 Å². The second kappa shape index (κ2) is 8.96. The van der Waals surface area contributed by atoms with Gasteiger partial charge in [-0.1, -0.05) is 25.0 Å². The number of rotatable bonds is 6. The predicted octanol–water partition coefficient (Wildman–Crippen LogP) is 3.55. The molecular formula is C25H27N5O2. The van der Waals surface area contributed by atoms with Crippen molar-refractivity contribution >= 4 is 16.9 Å². The van der Waals surface area contributed by atoms with Gasteiger partial charge in [0.2, 0.25) is 0 Å². The molecule has 0 radical (unpaired) electrons. The Morgan fingerprint density at radius 1 is 1.09 bits per heavy atom. The van der Waals surface area contributed by atoms with Gasteiger partial charge in [0.05, 0.1) is 22.9 Å². The van der Waals surface area contributed by atoms with E-state index in [4.69, 9.17) is 0 Å². The molecule has 1 aromatic carbocycles. The Bertz CT molecular complexity index is 1200. The third kappa shape index (κ3) is 4.16. The first-order chi connectivity index (χ1) is 15.7. The van der Waals surface area contributed by atoms with Crippen LogP contribution in [0, 0.1) is 5.92 Å². The number of carbonyl (C=O) groups excluding carboxylic acids is 1. The molecule has 0 aliphatic heterocycles. The van der Waals surface area contributed by atoms with Crippen molar-refractivity contribution in [2.75, 3.05) is 6.54 Å². The van der Waals surface area contributed by atoms with Gasteiger partial charge in [-0.05, 0) is 48.7 Å². The highest BCUT2D eigenvalue weighted by Gasteiger charge is 2.24. The van der Waals surface area contributed by atoms with Crippen molar-refractivity contribution in [2.45, 2.75) is 38.3 Å². The quantitative estimate of drug-likeness (QED) is 0.491. The minimum absolute atomic E-state index is 0.127. The van der Waals surface area contributed by atoms with Gasteiger partial charge in [0.25, 0.3) is 5.91 Å². The number of aliphatic hydroxyl groups is 1. The summed E-state index contributed by atoms with van der Waals surface area (Å²) in [5, 5.41) is 17.5. The van der Waals surface area contributed by atoms with Crippen molar-refractivity contribution in [3.05, 3.63) is 78.4 Å². The highest BCUT2D eigenvalue weighted by Crippen LogP contribution is 2.25. The van der Waals surface area contributed by atoms with Crippen molar-refractivity contribution < 1.29 is 9.90 Å². The number of hydrogen-bond acceptors (Lipinski definition) is 4. The van der Waals surface area contributed by atoms with E-state index in [2.05, 4.69) is 32.1 Å². The first kappa shape index (κ1) is 20.5. The standard InChI is InChI=1S/C25H27N5O2/c31-23-7-2-1-5-19(23)15-27-25(32)21-17-29(22-6-3-12-26-24(21)22)16-18-8-10-20(11-9-18)30-14-4-13-28-30/h3-4,6,8-14,17,19,23,31H,1-2,5,7,15-16H2,(H,27,32). The van der Waals surface area contributed by atoms with E-state index < -0.39 is 0 Å². The van der Waals surface area contributed by atoms with Crippen LogP contribution >= 0.6 is 0 Å². The van der Waals surface area contributed by atoms with Gasteiger partial charge in [-0.25, -0.2) is 4.68 Å². The fraction of sp³-hybridized carbons (Fsp3) is 0.320. The summed E-state index contributed by atoms with van der Waals surface area (Å²) < 4.78 is 3.89. The zero-order chi connectivity index (χ0) is 21.9. The van der Waals surface area contributed by atoms with Crippen LogP contribution in [0.2, 0.25) is 0 Å². The second-order valence-corrected chi connectivity index (χ2v) is 8.48. The molecule has 1 fully saturated rings. The largest absolute Gasteiger partial charge is 0.393 e. The number of nitrogens with one attached hydrogen (secondary N) is 1. The molecule has 7 nitrogen and oxygen atoms in total. The number of aromatic nitrogens is 4. The Labute approximate surface area is 186 Å². The number of carbonyl (C=O) groups is 1. The van der Waals surface area contributed by atoms with Gasteiger partial charge < -0.3 is 15.0 Å². The van der Waals surface area contributed by atoms with Crippen LogP contribution in [0.15, 0.2) is 67.3 Å². The minimum atomic E-state index is -0.326. The Hall–Kier alpha value is -3.45. The molecule has 1 aliphatic carbocycles. The topological polar surface area (TPSA) is 85.0 Å². The van der Waals surface area contributed by atoms with Crippen molar-refractivity contribution in [1.82, 2.24) is 24.6 Å². The summed E-state index contributed by atoms with van der Waals surface area (Å²) in [7, 11) is 0. The molecule has 3 aromatic heterocycles. The molecule has 3 heterocycles. The first-order valence-corrected chi connectivity index (χ1v) is 11.2. The molecule has 1 aliphatic rings. The molecule has 164 valence electrons. The predicted molar refractivity (Wildman–Crippen MR) is 123 cm³/mol. The summed E-state index contributed by atoms with van der Waals surface area (Å²) in [6.45, 7) is 1.13. The SMILES string of the molecule is O=C(NCC1CCCCC1O)c1cn(Cc2ccc(-n3cccn3)cc2)c2cccnc12. The molecule has 2 N–H and O–H groups in total. The molecule has 2 unspecified atom stereocenters. The third-order valence-corrected chi connectivity index (χ3v) is 6.33. The average molecular weight is 430 g/mol. The normalized spacial score (nSPS) is 18.7. The van der Waals surface area contributed by atoms with Crippen molar-refractivity contribution in [3.8, 4) is 5.69 Å². The minimum Gasteiger partial charge on any atom is -0.393 e. The summed E-state index contributed by atoms with van der Waals surface area (Å²) in [4.78, 5) is 17.5. The number of amides is 1. The summed E-state index contributed by atoms with van der Waals surface area (Å²) in [6, 6.07) is 14.0. The highest BCUT2D eigenvalue weighted by molar-refractivity contribution is 6.05. The molecular weight excluding hydrogens is 402 g/mol. The maximum absolute atomic E-state index is 13.0. The Morgan fingerprint density at radius 3 is 2.72 bits per heavy atom. The van der Waals surface area contributed by atoms with E-state index >= 15 is 0 Å². The van der Waals surface area contributed by atoms with Gasteiger partial charge in [0.1, 0.15) is 5.52 Å². The van der Waals surface area contributed by atoms with Crippen LogP contribution in [-0.4, -0.2) is 43.0 Å². The third-order valence-electron chi connectivity index (χ3n) is 6.33. The molecule has 5 rings (SSSR count). The molecule has 2 atom stereocenters. The fourth-order valence-corrected chi connectivity index (χ4v) is 4.54. The van der Waals surface area contributed by atoms with Crippen LogP contribution in [0.25, 0.3) is 16.7 Å². The highest BCUT2D eigenvalue weighted by atomic mass is 16.3. The van der Waals surface area contributed by atoms with Crippen LogP contribution in [0.3, 0.4) is 0 Å². The maximum atomic E-state index is 13.0. The summed E-state index contributed by atoms with van der Waals surface area (Å²) in [5.41, 5.74) is 4.31. The van der Waals surface area contributed by atoms with Crippen LogP contribution in [-0.2, 0) is 6.54 Å². The lowest BCUT2D eigenvalue weighted by Gasteiger charge is -2.27. The molecule has 7 heteroatoms. The smallest absolute Gasteiger partial charge is 0.255 e.